The molecule has 0 unspecified atom stereocenters. The van der Waals surface area contributed by atoms with Gasteiger partial charge in [-0.15, -0.1) is 0 Å². The molecule has 0 radical (unpaired) electrons. The maximum absolute atomic E-state index is 11.0. The lowest BCUT2D eigenvalue weighted by atomic mass is 10.2. The second-order valence-electron chi connectivity index (χ2n) is 5.19. The summed E-state index contributed by atoms with van der Waals surface area (Å²) >= 11 is 0. The number of rotatable bonds is 4. The summed E-state index contributed by atoms with van der Waals surface area (Å²) in [6.07, 6.45) is 3.42. The number of nitrogens with one attached hydrogen (secondary N) is 1. The van der Waals surface area contributed by atoms with Gasteiger partial charge in [0.15, 0.2) is 0 Å². The fourth-order valence-corrected chi connectivity index (χ4v) is 2.18. The van der Waals surface area contributed by atoms with Crippen LogP contribution in [0.1, 0.15) is 24.3 Å². The number of pyridine rings is 2. The van der Waals surface area contributed by atoms with Crippen molar-refractivity contribution in [2.45, 2.75) is 20.0 Å². The number of carbonyl (C=O) groups is 1. The highest BCUT2D eigenvalue weighted by Gasteiger charge is 2.10. The molecule has 0 saturated carbocycles. The van der Waals surface area contributed by atoms with E-state index in [1.165, 1.54) is 6.07 Å². The number of ether oxygens (including phenoxy) is 1. The van der Waals surface area contributed by atoms with Gasteiger partial charge < -0.3 is 14.8 Å². The zero-order valence-electron chi connectivity index (χ0n) is 12.2. The molecule has 22 heavy (non-hydrogen) atoms. The van der Waals surface area contributed by atoms with Gasteiger partial charge in [0.1, 0.15) is 11.4 Å². The van der Waals surface area contributed by atoms with Gasteiger partial charge in [-0.25, -0.2) is 9.78 Å². The Morgan fingerprint density at radius 1 is 1.27 bits per heavy atom. The van der Waals surface area contributed by atoms with Crippen LogP contribution in [0, 0.1) is 0 Å². The third kappa shape index (κ3) is 2.76. The molecule has 6 nitrogen and oxygen atoms in total. The minimum Gasteiger partial charge on any atom is -0.489 e. The molecule has 0 fully saturated rings. The number of carboxylic acids is 1. The predicted molar refractivity (Wildman–Crippen MR) is 82.0 cm³/mol. The van der Waals surface area contributed by atoms with Crippen LogP contribution in [0.2, 0.25) is 0 Å². The second kappa shape index (κ2) is 5.48. The van der Waals surface area contributed by atoms with Crippen molar-refractivity contribution >= 4 is 17.0 Å². The highest BCUT2D eigenvalue weighted by molar-refractivity contribution is 5.92. The highest BCUT2D eigenvalue weighted by Crippen LogP contribution is 2.24. The molecule has 3 aromatic rings. The number of carboxylic acid groups (broad SMARTS) is 1. The first kappa shape index (κ1) is 14.1. The van der Waals surface area contributed by atoms with E-state index in [-0.39, 0.29) is 11.8 Å². The van der Waals surface area contributed by atoms with Gasteiger partial charge in [0.25, 0.3) is 0 Å². The molecule has 0 aliphatic rings. The van der Waals surface area contributed by atoms with Crippen LogP contribution in [-0.2, 0) is 0 Å². The molecule has 0 atom stereocenters. The monoisotopic (exact) mass is 297 g/mol. The third-order valence-electron chi connectivity index (χ3n) is 3.09. The third-order valence-corrected chi connectivity index (χ3v) is 3.09. The molecule has 0 spiro atoms. The molecule has 2 N–H and O–H groups in total. The van der Waals surface area contributed by atoms with Gasteiger partial charge >= 0.3 is 5.97 Å². The maximum atomic E-state index is 11.0. The summed E-state index contributed by atoms with van der Waals surface area (Å²) in [6, 6.07) is 7.01. The number of aromatic nitrogens is 3. The molecule has 0 aromatic carbocycles. The van der Waals surface area contributed by atoms with Gasteiger partial charge in [0.2, 0.25) is 0 Å². The van der Waals surface area contributed by atoms with Gasteiger partial charge in [-0.05, 0) is 38.1 Å². The van der Waals surface area contributed by atoms with Crippen molar-refractivity contribution in [1.82, 2.24) is 15.0 Å². The van der Waals surface area contributed by atoms with Crippen molar-refractivity contribution < 1.29 is 14.6 Å². The number of aromatic amines is 1. The Bertz CT molecular complexity index is 840. The fourth-order valence-electron chi connectivity index (χ4n) is 2.18. The van der Waals surface area contributed by atoms with E-state index >= 15 is 0 Å². The average molecular weight is 297 g/mol. The van der Waals surface area contributed by atoms with Gasteiger partial charge in [-0.1, -0.05) is 0 Å². The average Bonchev–Trinajstić information content (AvgIpc) is 2.90. The topological polar surface area (TPSA) is 88.1 Å². The Balaban J connectivity index is 2.00. The number of H-pyrrole nitrogens is 1. The Hall–Kier alpha value is -2.89. The summed E-state index contributed by atoms with van der Waals surface area (Å²) in [6.45, 7) is 3.90. The molecule has 3 aromatic heterocycles. The van der Waals surface area contributed by atoms with E-state index in [1.54, 1.807) is 18.5 Å². The van der Waals surface area contributed by atoms with Crippen LogP contribution in [0.25, 0.3) is 22.3 Å². The van der Waals surface area contributed by atoms with Gasteiger partial charge in [0, 0.05) is 11.8 Å². The van der Waals surface area contributed by atoms with E-state index in [9.17, 15) is 4.79 Å². The first-order chi connectivity index (χ1) is 10.5. The van der Waals surface area contributed by atoms with E-state index in [2.05, 4.69) is 15.0 Å². The van der Waals surface area contributed by atoms with Crippen LogP contribution in [0.3, 0.4) is 0 Å². The standard InChI is InChI=1S/C16H15N3O3/c1-9(2)22-11-5-10(7-17-8-11)12-3-4-13-14(18-12)6-15(19-13)16(20)21/h3-9,19H,1-2H3,(H,20,21). The molecule has 0 amide bonds. The SMILES string of the molecule is CC(C)Oc1cncc(-c2ccc3[nH]c(C(=O)O)cc3n2)c1. The molecule has 0 aliphatic heterocycles. The molecule has 0 saturated heterocycles. The molecule has 3 heterocycles. The number of hydrogen-bond acceptors (Lipinski definition) is 4. The molecule has 6 heteroatoms. The lowest BCUT2D eigenvalue weighted by Gasteiger charge is -2.10. The van der Waals surface area contributed by atoms with Gasteiger partial charge in [-0.3, -0.25) is 4.98 Å². The van der Waals surface area contributed by atoms with Crippen molar-refractivity contribution in [3.8, 4) is 17.0 Å². The Morgan fingerprint density at radius 3 is 2.82 bits per heavy atom. The molecule has 112 valence electrons. The molecular weight excluding hydrogens is 282 g/mol. The molecule has 3 rings (SSSR count). The summed E-state index contributed by atoms with van der Waals surface area (Å²) in [5.74, 6) is -0.330. The van der Waals surface area contributed by atoms with Crippen molar-refractivity contribution in [3.63, 3.8) is 0 Å². The van der Waals surface area contributed by atoms with Crippen LogP contribution in [0.5, 0.6) is 5.75 Å². The Morgan fingerprint density at radius 2 is 2.09 bits per heavy atom. The van der Waals surface area contributed by atoms with Crippen molar-refractivity contribution in [1.29, 1.82) is 0 Å². The largest absolute Gasteiger partial charge is 0.489 e. The predicted octanol–water partition coefficient (Wildman–Crippen LogP) is 3.11. The Kier molecular flexibility index (Phi) is 3.50. The summed E-state index contributed by atoms with van der Waals surface area (Å²) in [7, 11) is 0. The molecule has 0 bridgehead atoms. The van der Waals surface area contributed by atoms with Gasteiger partial charge in [0.05, 0.1) is 29.0 Å². The van der Waals surface area contributed by atoms with E-state index in [0.29, 0.717) is 22.5 Å². The van der Waals surface area contributed by atoms with E-state index in [0.717, 1.165) is 5.56 Å². The first-order valence-electron chi connectivity index (χ1n) is 6.88. The second-order valence-corrected chi connectivity index (χ2v) is 5.19. The first-order valence-corrected chi connectivity index (χ1v) is 6.88. The van der Waals surface area contributed by atoms with E-state index < -0.39 is 5.97 Å². The van der Waals surface area contributed by atoms with Crippen LogP contribution in [0.15, 0.2) is 36.7 Å². The minimum atomic E-state index is -1.01. The van der Waals surface area contributed by atoms with Crippen molar-refractivity contribution in [3.05, 3.63) is 42.4 Å². The van der Waals surface area contributed by atoms with E-state index in [4.69, 9.17) is 9.84 Å². The van der Waals surface area contributed by atoms with Crippen molar-refractivity contribution in [2.75, 3.05) is 0 Å². The van der Waals surface area contributed by atoms with Crippen LogP contribution >= 0.6 is 0 Å². The molecule has 0 aliphatic carbocycles. The number of hydrogen-bond donors (Lipinski definition) is 2. The van der Waals surface area contributed by atoms with E-state index in [1.807, 2.05) is 26.0 Å². The van der Waals surface area contributed by atoms with Crippen LogP contribution < -0.4 is 4.74 Å². The quantitative estimate of drug-likeness (QED) is 0.772. The van der Waals surface area contributed by atoms with Crippen LogP contribution in [-0.4, -0.2) is 32.1 Å². The van der Waals surface area contributed by atoms with Crippen molar-refractivity contribution in [2.24, 2.45) is 0 Å². The van der Waals surface area contributed by atoms with Gasteiger partial charge in [-0.2, -0.15) is 0 Å². The lowest BCUT2D eigenvalue weighted by Crippen LogP contribution is -2.05. The number of fused-ring (bicyclic) bond motifs is 1. The number of nitrogens with zero attached hydrogens (tertiary/aromatic N) is 2. The minimum absolute atomic E-state index is 0.0651. The summed E-state index contributed by atoms with van der Waals surface area (Å²) < 4.78 is 5.63. The fraction of sp³-hybridized carbons (Fsp3) is 0.188. The maximum Gasteiger partial charge on any atom is 0.352 e. The summed E-state index contributed by atoms with van der Waals surface area (Å²) in [4.78, 5) is 22.4. The zero-order valence-corrected chi connectivity index (χ0v) is 12.2. The normalized spacial score (nSPS) is 11.0. The summed E-state index contributed by atoms with van der Waals surface area (Å²) in [5.41, 5.74) is 2.94. The zero-order chi connectivity index (χ0) is 15.7. The summed E-state index contributed by atoms with van der Waals surface area (Å²) in [5, 5.41) is 9.01. The molecular formula is C16H15N3O3. The lowest BCUT2D eigenvalue weighted by molar-refractivity contribution is 0.0691. The smallest absolute Gasteiger partial charge is 0.352 e. The Labute approximate surface area is 126 Å². The number of aromatic carboxylic acids is 1. The highest BCUT2D eigenvalue weighted by atomic mass is 16.5. The van der Waals surface area contributed by atoms with Crippen LogP contribution in [0.4, 0.5) is 0 Å².